The first-order chi connectivity index (χ1) is 22.8. The smallest absolute Gasteiger partial charge is 0.162 e. The predicted molar refractivity (Wildman–Crippen MR) is 204 cm³/mol. The van der Waals surface area contributed by atoms with Crippen molar-refractivity contribution in [3.63, 3.8) is 0 Å². The van der Waals surface area contributed by atoms with E-state index in [1.807, 2.05) is 0 Å². The number of hydrogen-bond acceptors (Lipinski definition) is 3. The lowest BCUT2D eigenvalue weighted by Gasteiger charge is -2.69. The lowest BCUT2D eigenvalue weighted by atomic mass is 9.73. The molecule has 3 aliphatic heterocycles. The Labute approximate surface area is 287 Å². The van der Waals surface area contributed by atoms with Crippen LogP contribution < -0.4 is 9.80 Å². The van der Waals surface area contributed by atoms with Crippen molar-refractivity contribution in [1.82, 2.24) is 4.90 Å². The third kappa shape index (κ3) is 4.50. The van der Waals surface area contributed by atoms with Crippen molar-refractivity contribution in [2.45, 2.75) is 96.7 Å². The molecule has 5 aromatic carbocycles. The van der Waals surface area contributed by atoms with E-state index in [0.717, 1.165) is 12.8 Å². The molecule has 8 rings (SSSR count). The van der Waals surface area contributed by atoms with Crippen LogP contribution in [0.1, 0.15) is 68.2 Å². The summed E-state index contributed by atoms with van der Waals surface area (Å²) in [5.41, 5.74) is 12.7. The van der Waals surface area contributed by atoms with E-state index in [4.69, 9.17) is 0 Å². The first-order valence-corrected chi connectivity index (χ1v) is 17.7. The molecule has 2 saturated heterocycles. The minimum atomic E-state index is -0.114. The van der Waals surface area contributed by atoms with Gasteiger partial charge in [0, 0.05) is 44.4 Å². The van der Waals surface area contributed by atoms with Gasteiger partial charge in [0.15, 0.2) is 6.29 Å². The SMILES string of the molecule is CC1(C)CC(C)(C)N2C3N1c1c(-c4ccccc4)c(-c4ccccc4)c(-c4ccccc4)c(-c4ccccc4)c1N3C(C)(C)CC2(C)C. The second-order valence-electron chi connectivity index (χ2n) is 16.7. The van der Waals surface area contributed by atoms with Crippen molar-refractivity contribution in [2.24, 2.45) is 0 Å². The lowest BCUT2D eigenvalue weighted by molar-refractivity contribution is -0.107. The van der Waals surface area contributed by atoms with E-state index in [1.54, 1.807) is 0 Å². The van der Waals surface area contributed by atoms with E-state index < -0.39 is 0 Å². The first-order valence-electron chi connectivity index (χ1n) is 17.7. The summed E-state index contributed by atoms with van der Waals surface area (Å²) in [5.74, 6) is 0. The Bertz CT molecular complexity index is 1830. The molecule has 0 aromatic heterocycles. The minimum absolute atomic E-state index is 0.00466. The largest absolute Gasteiger partial charge is 0.331 e. The number of hydrogen-bond donors (Lipinski definition) is 0. The fourth-order valence-electron chi connectivity index (χ4n) is 10.5. The van der Waals surface area contributed by atoms with Gasteiger partial charge in [0.2, 0.25) is 0 Å². The van der Waals surface area contributed by atoms with Crippen LogP contribution in [0.5, 0.6) is 0 Å². The van der Waals surface area contributed by atoms with Crippen LogP contribution in [0.2, 0.25) is 0 Å². The van der Waals surface area contributed by atoms with E-state index in [9.17, 15) is 0 Å². The fourth-order valence-corrected chi connectivity index (χ4v) is 10.5. The van der Waals surface area contributed by atoms with Crippen molar-refractivity contribution in [2.75, 3.05) is 9.80 Å². The van der Waals surface area contributed by atoms with Crippen LogP contribution >= 0.6 is 0 Å². The van der Waals surface area contributed by atoms with Gasteiger partial charge in [-0.25, -0.2) is 0 Å². The normalized spacial score (nSPS) is 20.3. The van der Waals surface area contributed by atoms with Crippen LogP contribution in [-0.2, 0) is 0 Å². The molecule has 0 N–H and O–H groups in total. The number of fused-ring (bicyclic) bond motifs is 3. The summed E-state index contributed by atoms with van der Waals surface area (Å²) < 4.78 is 0. The molecule has 0 spiro atoms. The van der Waals surface area contributed by atoms with Gasteiger partial charge < -0.3 is 9.80 Å². The lowest BCUT2D eigenvalue weighted by Crippen LogP contribution is -2.81. The summed E-state index contributed by atoms with van der Waals surface area (Å²) in [6.07, 6.45) is 2.19. The fraction of sp³-hybridized carbons (Fsp3) is 0.333. The minimum Gasteiger partial charge on any atom is -0.331 e. The van der Waals surface area contributed by atoms with Crippen molar-refractivity contribution in [3.05, 3.63) is 121 Å². The van der Waals surface area contributed by atoms with E-state index in [-0.39, 0.29) is 28.4 Å². The standard InChI is InChI=1S/C45H49N3/c1-42(2)29-44(5,6)48-41-46(42)39-37(33-25-17-11-18-26-33)35(31-21-13-9-14-22-31)36(32-23-15-10-16-24-32)38(34-27-19-12-20-28-34)40(39)47(41)43(3,4)30-45(48,7)8/h9-28,41H,29-30H2,1-8H3. The molecule has 0 unspecified atom stereocenters. The highest BCUT2D eigenvalue weighted by molar-refractivity contribution is 6.15. The van der Waals surface area contributed by atoms with E-state index >= 15 is 0 Å². The Balaban J connectivity index is 1.65. The van der Waals surface area contributed by atoms with Crippen LogP contribution in [-0.4, -0.2) is 33.3 Å². The van der Waals surface area contributed by atoms with Crippen LogP contribution in [0.3, 0.4) is 0 Å². The maximum absolute atomic E-state index is 2.87. The second-order valence-corrected chi connectivity index (χ2v) is 16.7. The Morgan fingerprint density at radius 2 is 0.646 bits per heavy atom. The number of anilines is 2. The van der Waals surface area contributed by atoms with Gasteiger partial charge in [-0.05, 0) is 90.5 Å². The van der Waals surface area contributed by atoms with Crippen molar-refractivity contribution in [3.8, 4) is 44.5 Å². The summed E-state index contributed by atoms with van der Waals surface area (Å²) in [5, 5.41) is 0. The molecule has 244 valence electrons. The molecule has 0 radical (unpaired) electrons. The van der Waals surface area contributed by atoms with E-state index in [0.29, 0.717) is 0 Å². The third-order valence-electron chi connectivity index (χ3n) is 11.2. The van der Waals surface area contributed by atoms with Gasteiger partial charge in [0.25, 0.3) is 0 Å². The zero-order valence-electron chi connectivity index (χ0n) is 29.9. The molecule has 3 heteroatoms. The molecule has 3 nitrogen and oxygen atoms in total. The monoisotopic (exact) mass is 631 g/mol. The average Bonchev–Trinajstić information content (AvgIpc) is 3.40. The molecule has 0 bridgehead atoms. The van der Waals surface area contributed by atoms with Gasteiger partial charge in [-0.15, -0.1) is 0 Å². The summed E-state index contributed by atoms with van der Waals surface area (Å²) in [7, 11) is 0. The number of nitrogens with zero attached hydrogens (tertiary/aromatic N) is 3. The van der Waals surface area contributed by atoms with Gasteiger partial charge in [-0.3, -0.25) is 4.90 Å². The summed E-state index contributed by atoms with van der Waals surface area (Å²) in [6, 6.07) is 44.7. The number of benzene rings is 5. The molecule has 3 heterocycles. The van der Waals surface area contributed by atoms with Crippen LogP contribution in [0.25, 0.3) is 44.5 Å². The zero-order valence-corrected chi connectivity index (χ0v) is 29.9. The average molecular weight is 632 g/mol. The Morgan fingerprint density at radius 3 is 0.938 bits per heavy atom. The van der Waals surface area contributed by atoms with Crippen LogP contribution in [0.4, 0.5) is 11.4 Å². The van der Waals surface area contributed by atoms with Gasteiger partial charge in [0.1, 0.15) is 0 Å². The van der Waals surface area contributed by atoms with Crippen molar-refractivity contribution in [1.29, 1.82) is 0 Å². The number of rotatable bonds is 4. The summed E-state index contributed by atoms with van der Waals surface area (Å²) in [4.78, 5) is 8.54. The van der Waals surface area contributed by atoms with E-state index in [1.165, 1.54) is 55.9 Å². The van der Waals surface area contributed by atoms with E-state index in [2.05, 4.69) is 191 Å². The molecule has 48 heavy (non-hydrogen) atoms. The molecule has 0 saturated carbocycles. The van der Waals surface area contributed by atoms with Gasteiger partial charge in [-0.2, -0.15) is 0 Å². The molecule has 0 amide bonds. The first kappa shape index (κ1) is 31.0. The topological polar surface area (TPSA) is 9.72 Å². The predicted octanol–water partition coefficient (Wildman–Crippen LogP) is 11.5. The zero-order chi connectivity index (χ0) is 33.6. The highest BCUT2D eigenvalue weighted by atomic mass is 15.6. The highest BCUT2D eigenvalue weighted by Crippen LogP contribution is 2.66. The maximum Gasteiger partial charge on any atom is 0.162 e. The molecule has 3 aliphatic rings. The molecular formula is C45H49N3. The van der Waals surface area contributed by atoms with Gasteiger partial charge >= 0.3 is 0 Å². The Morgan fingerprint density at radius 1 is 0.375 bits per heavy atom. The van der Waals surface area contributed by atoms with Gasteiger partial charge in [-0.1, -0.05) is 121 Å². The highest BCUT2D eigenvalue weighted by Gasteiger charge is 2.65. The van der Waals surface area contributed by atoms with Crippen LogP contribution in [0, 0.1) is 0 Å². The molecule has 0 atom stereocenters. The van der Waals surface area contributed by atoms with Crippen molar-refractivity contribution >= 4 is 11.4 Å². The third-order valence-corrected chi connectivity index (χ3v) is 11.2. The Kier molecular flexibility index (Phi) is 6.82. The quantitative estimate of drug-likeness (QED) is 0.195. The maximum atomic E-state index is 2.87. The summed E-state index contributed by atoms with van der Waals surface area (Å²) >= 11 is 0. The molecule has 5 aromatic rings. The molecular weight excluding hydrogens is 583 g/mol. The van der Waals surface area contributed by atoms with Crippen molar-refractivity contribution < 1.29 is 0 Å². The Hall–Kier alpha value is -4.34. The summed E-state index contributed by atoms with van der Waals surface area (Å²) in [6.45, 7) is 19.9. The van der Waals surface area contributed by atoms with Crippen LogP contribution in [0.15, 0.2) is 121 Å². The second kappa shape index (κ2) is 10.6. The molecule has 2 fully saturated rings. The molecule has 0 aliphatic carbocycles. The van der Waals surface area contributed by atoms with Gasteiger partial charge in [0.05, 0.1) is 11.4 Å².